The molecule has 0 aromatic heterocycles. The van der Waals surface area contributed by atoms with Crippen LogP contribution in [0.4, 0.5) is 0 Å². The number of aliphatic hydroxyl groups excluding tert-OH is 1. The van der Waals surface area contributed by atoms with Crippen LogP contribution in [0.25, 0.3) is 0 Å². The Morgan fingerprint density at radius 1 is 0.625 bits per heavy atom. The second-order valence-corrected chi connectivity index (χ2v) is 28.6. The van der Waals surface area contributed by atoms with E-state index in [-0.39, 0.29) is 55.4 Å². The monoisotopic (exact) mass is 824 g/mol. The van der Waals surface area contributed by atoms with Crippen molar-refractivity contribution in [2.45, 2.75) is 183 Å². The first-order valence-electron chi connectivity index (χ1n) is 19.1. The van der Waals surface area contributed by atoms with Crippen molar-refractivity contribution in [3.63, 3.8) is 0 Å². The Morgan fingerprint density at radius 2 is 1.04 bits per heavy atom. The van der Waals surface area contributed by atoms with Crippen LogP contribution in [0.15, 0.2) is 21.8 Å². The average Bonchev–Trinajstić information content (AvgIpc) is 2.96. The van der Waals surface area contributed by atoms with E-state index in [1.807, 2.05) is 0 Å². The van der Waals surface area contributed by atoms with Gasteiger partial charge in [-0.05, 0) is 62.5 Å². The van der Waals surface area contributed by atoms with E-state index in [2.05, 4.69) is 163 Å². The fraction of sp³-hybridized carbons (Fsp3) is 0.900. The zero-order chi connectivity index (χ0) is 37.7. The summed E-state index contributed by atoms with van der Waals surface area (Å²) in [5, 5.41) is 10.3. The maximum Gasteiger partial charge on any atom is 0.200 e. The zero-order valence-corrected chi connectivity index (χ0v) is 39.1. The van der Waals surface area contributed by atoms with Gasteiger partial charge in [-0.3, -0.25) is 0 Å². The maximum absolute atomic E-state index is 10.3. The molecular formula is C40H81IO5Si2. The molecule has 286 valence electrons. The quantitative estimate of drug-likeness (QED) is 0.0455. The Balaban J connectivity index is 6.92. The molecule has 0 spiro atoms. The van der Waals surface area contributed by atoms with Crippen molar-refractivity contribution >= 4 is 39.2 Å². The van der Waals surface area contributed by atoms with Gasteiger partial charge < -0.3 is 23.4 Å². The normalized spacial score (nSPS) is 19.2. The number of methoxy groups -OCH3 is 1. The van der Waals surface area contributed by atoms with Crippen LogP contribution < -0.4 is 0 Å². The molecule has 0 radical (unpaired) electrons. The van der Waals surface area contributed by atoms with Gasteiger partial charge in [-0.25, -0.2) is 0 Å². The van der Waals surface area contributed by atoms with Crippen molar-refractivity contribution in [2.75, 3.05) is 20.5 Å². The van der Waals surface area contributed by atoms with Crippen molar-refractivity contribution in [1.82, 2.24) is 0 Å². The predicted molar refractivity (Wildman–Crippen MR) is 223 cm³/mol. The molecule has 0 fully saturated rings. The summed E-state index contributed by atoms with van der Waals surface area (Å²) in [4.78, 5) is 0. The summed E-state index contributed by atoms with van der Waals surface area (Å²) in [7, 11) is -2.64. The van der Waals surface area contributed by atoms with Gasteiger partial charge in [-0.1, -0.05) is 158 Å². The van der Waals surface area contributed by atoms with E-state index in [9.17, 15) is 5.11 Å². The van der Waals surface area contributed by atoms with Crippen LogP contribution in [0, 0.1) is 29.6 Å². The Hall–Kier alpha value is 0.444. The molecule has 0 aromatic carbocycles. The van der Waals surface area contributed by atoms with Crippen molar-refractivity contribution in [3.05, 3.63) is 21.8 Å². The fourth-order valence-electron chi connectivity index (χ4n) is 9.45. The molecule has 8 atom stereocenters. The van der Waals surface area contributed by atoms with Gasteiger partial charge in [0.25, 0.3) is 0 Å². The van der Waals surface area contributed by atoms with Gasteiger partial charge in [-0.15, -0.1) is 0 Å². The topological polar surface area (TPSA) is 57.2 Å². The first-order valence-corrected chi connectivity index (χ1v) is 24.7. The molecule has 8 heteroatoms. The standard InChI is InChI=1S/C40H81IO5Si2/c1-26(2)47(27(3)4,28(5)6)45-38(33(14)20-21-41)34(15)22-32(13)23-35(16)40(37(18)39(36(17)24-42)44-25-43-19)46-48(29(7)8,30(9)10)31(11)12/h20-22,26-31,33-40,42H,23-25H2,1-19H3/b21-20-,32-22-/t33-,34-,35-,36-,37+,38-,39-,40+/m1/s1. The third-order valence-electron chi connectivity index (χ3n) is 11.5. The summed E-state index contributed by atoms with van der Waals surface area (Å²) in [6.07, 6.45) is 5.67. The van der Waals surface area contributed by atoms with Crippen molar-refractivity contribution in [1.29, 1.82) is 0 Å². The second-order valence-electron chi connectivity index (χ2n) is 17.1. The lowest BCUT2D eigenvalue weighted by Gasteiger charge is -2.48. The van der Waals surface area contributed by atoms with Crippen molar-refractivity contribution in [2.24, 2.45) is 29.6 Å². The van der Waals surface area contributed by atoms with Gasteiger partial charge >= 0.3 is 0 Å². The molecule has 0 aliphatic rings. The fourth-order valence-corrected chi connectivity index (χ4v) is 21.6. The van der Waals surface area contributed by atoms with Gasteiger partial charge in [0.05, 0.1) is 18.3 Å². The van der Waals surface area contributed by atoms with E-state index in [4.69, 9.17) is 18.3 Å². The molecule has 0 heterocycles. The van der Waals surface area contributed by atoms with Crippen LogP contribution in [0.2, 0.25) is 33.2 Å². The number of hydrogen-bond acceptors (Lipinski definition) is 5. The van der Waals surface area contributed by atoms with Gasteiger partial charge in [0.15, 0.2) is 0 Å². The lowest BCUT2D eigenvalue weighted by molar-refractivity contribution is -0.133. The van der Waals surface area contributed by atoms with Crippen molar-refractivity contribution in [3.8, 4) is 0 Å². The average molecular weight is 825 g/mol. The SMILES string of the molecule is COCO[C@@H]([C@H](C)[C@@H](O[Si](C(C)C)(C(C)C)C(C)C)[C@H](C)C/C(C)=C\[C@@H](C)[C@H](O[Si](C(C)C)(C(C)C)C(C)C)[C@H](C)/C=C\I)[C@H](C)CO. The molecule has 0 bridgehead atoms. The Kier molecular flexibility index (Phi) is 22.7. The highest BCUT2D eigenvalue weighted by Crippen LogP contribution is 2.47. The molecule has 0 aliphatic carbocycles. The van der Waals surface area contributed by atoms with Crippen LogP contribution in [-0.4, -0.2) is 60.6 Å². The molecule has 0 unspecified atom stereocenters. The first kappa shape index (κ1) is 48.4. The summed E-state index contributed by atoms with van der Waals surface area (Å²) < 4.78 is 29.0. The van der Waals surface area contributed by atoms with E-state index in [0.29, 0.717) is 39.2 Å². The highest BCUT2D eigenvalue weighted by atomic mass is 127. The summed E-state index contributed by atoms with van der Waals surface area (Å²) in [6.45, 7) is 42.4. The predicted octanol–water partition coefficient (Wildman–Crippen LogP) is 12.6. The Morgan fingerprint density at radius 3 is 1.40 bits per heavy atom. The number of allylic oxidation sites excluding steroid dienone is 1. The summed E-state index contributed by atoms with van der Waals surface area (Å²) >= 11 is 2.35. The zero-order valence-electron chi connectivity index (χ0n) is 34.9. The van der Waals surface area contributed by atoms with E-state index in [1.165, 1.54) is 5.57 Å². The Bertz CT molecular complexity index is 891. The number of aliphatic hydroxyl groups is 1. The molecule has 0 amide bonds. The highest BCUT2D eigenvalue weighted by Gasteiger charge is 2.50. The lowest BCUT2D eigenvalue weighted by atomic mass is 9.81. The third-order valence-corrected chi connectivity index (χ3v) is 24.1. The minimum Gasteiger partial charge on any atom is -0.412 e. The van der Waals surface area contributed by atoms with E-state index in [0.717, 1.165) is 6.42 Å². The smallest absolute Gasteiger partial charge is 0.200 e. The molecule has 0 rings (SSSR count). The van der Waals surface area contributed by atoms with Crippen molar-refractivity contribution < 1.29 is 23.4 Å². The summed E-state index contributed by atoms with van der Waals surface area (Å²) in [5.41, 5.74) is 4.42. The molecule has 48 heavy (non-hydrogen) atoms. The van der Waals surface area contributed by atoms with Crippen LogP contribution >= 0.6 is 22.6 Å². The molecular weight excluding hydrogens is 744 g/mol. The second kappa shape index (κ2) is 22.5. The Labute approximate surface area is 315 Å². The van der Waals surface area contributed by atoms with Crippen LogP contribution in [0.5, 0.6) is 0 Å². The number of ether oxygens (including phenoxy) is 2. The molecule has 0 aromatic rings. The number of halogens is 1. The van der Waals surface area contributed by atoms with E-state index >= 15 is 0 Å². The minimum atomic E-state index is -2.22. The van der Waals surface area contributed by atoms with Gasteiger partial charge in [-0.2, -0.15) is 0 Å². The van der Waals surface area contributed by atoms with Gasteiger partial charge in [0, 0.05) is 31.5 Å². The van der Waals surface area contributed by atoms with E-state index in [1.54, 1.807) is 7.11 Å². The molecule has 5 nitrogen and oxygen atoms in total. The van der Waals surface area contributed by atoms with Crippen LogP contribution in [-0.2, 0) is 18.3 Å². The maximum atomic E-state index is 10.3. The summed E-state index contributed by atoms with van der Waals surface area (Å²) in [6, 6.07) is 0. The van der Waals surface area contributed by atoms with Crippen LogP contribution in [0.3, 0.4) is 0 Å². The molecule has 0 aliphatic heterocycles. The van der Waals surface area contributed by atoms with Crippen LogP contribution in [0.1, 0.15) is 131 Å². The third kappa shape index (κ3) is 12.5. The molecule has 0 saturated heterocycles. The molecule has 1 N–H and O–H groups in total. The van der Waals surface area contributed by atoms with E-state index < -0.39 is 16.6 Å². The first-order chi connectivity index (χ1) is 22.1. The lowest BCUT2D eigenvalue weighted by Crippen LogP contribution is -2.54. The minimum absolute atomic E-state index is 0.0193. The van der Waals surface area contributed by atoms with Gasteiger partial charge in [0.2, 0.25) is 16.6 Å². The summed E-state index contributed by atoms with van der Waals surface area (Å²) in [5.74, 6) is 0.877. The number of rotatable bonds is 24. The largest absolute Gasteiger partial charge is 0.412 e. The van der Waals surface area contributed by atoms with Gasteiger partial charge in [0.1, 0.15) is 6.79 Å². The number of hydrogen-bond donors (Lipinski definition) is 1. The molecule has 0 saturated carbocycles. The highest BCUT2D eigenvalue weighted by molar-refractivity contribution is 14.1.